The van der Waals surface area contributed by atoms with Crippen LogP contribution in [0.25, 0.3) is 10.8 Å². The van der Waals surface area contributed by atoms with Crippen molar-refractivity contribution in [2.75, 3.05) is 36.2 Å². The van der Waals surface area contributed by atoms with Crippen molar-refractivity contribution in [1.82, 2.24) is 5.32 Å². The summed E-state index contributed by atoms with van der Waals surface area (Å²) in [6, 6.07) is 33.0. The second-order valence-electron chi connectivity index (χ2n) is 15.7. The molecule has 4 amide bonds. The summed E-state index contributed by atoms with van der Waals surface area (Å²) in [4.78, 5) is 104. The molecule has 0 spiro atoms. The molecule has 0 heterocycles. The van der Waals surface area contributed by atoms with Crippen molar-refractivity contribution in [2.24, 2.45) is 0 Å². The van der Waals surface area contributed by atoms with Crippen molar-refractivity contribution in [3.05, 3.63) is 197 Å². The summed E-state index contributed by atoms with van der Waals surface area (Å²) in [5.74, 6) is -5.11. The SMILES string of the molecule is C=CC(=O)COC(=O)c1ccc(C(C)(C)c2ccc(C(=O)OCC(=O)C=C)c(C(=O)Nc3cccc(C(=O)Nc4cccc5c(NC(=O)c6cccc(C)c6)cccc45)c3)c2)cc1C(=O)NC. The van der Waals surface area contributed by atoms with Crippen LogP contribution in [0.4, 0.5) is 17.1 Å². The van der Waals surface area contributed by atoms with Gasteiger partial charge in [0.1, 0.15) is 0 Å². The van der Waals surface area contributed by atoms with Crippen LogP contribution in [0.5, 0.6) is 0 Å². The first-order valence-corrected chi connectivity index (χ1v) is 20.8. The third-order valence-corrected chi connectivity index (χ3v) is 10.9. The number of esters is 2. The number of benzene rings is 6. The molecule has 67 heavy (non-hydrogen) atoms. The van der Waals surface area contributed by atoms with E-state index in [2.05, 4.69) is 34.4 Å². The minimum Gasteiger partial charge on any atom is -0.454 e. The van der Waals surface area contributed by atoms with E-state index in [1.807, 2.05) is 31.2 Å². The summed E-state index contributed by atoms with van der Waals surface area (Å²) in [5, 5.41) is 12.5. The summed E-state index contributed by atoms with van der Waals surface area (Å²) in [5.41, 5.74) is 2.43. The Bertz CT molecular complexity index is 3020. The van der Waals surface area contributed by atoms with Crippen LogP contribution in [0, 0.1) is 6.92 Å². The van der Waals surface area contributed by atoms with Crippen LogP contribution >= 0.6 is 0 Å². The van der Waals surface area contributed by atoms with E-state index >= 15 is 0 Å². The van der Waals surface area contributed by atoms with Gasteiger partial charge in [0.25, 0.3) is 23.6 Å². The molecule has 0 saturated carbocycles. The topological polar surface area (TPSA) is 203 Å². The molecule has 0 aliphatic rings. The number of fused-ring (bicyclic) bond motifs is 1. The maximum atomic E-state index is 14.2. The molecule has 0 radical (unpaired) electrons. The second kappa shape index (κ2) is 20.8. The molecule has 4 N–H and O–H groups in total. The molecule has 0 unspecified atom stereocenters. The van der Waals surface area contributed by atoms with E-state index in [1.165, 1.54) is 37.4 Å². The van der Waals surface area contributed by atoms with Crippen LogP contribution in [0.3, 0.4) is 0 Å². The monoisotopic (exact) mass is 898 g/mol. The third kappa shape index (κ3) is 11.1. The van der Waals surface area contributed by atoms with E-state index in [0.29, 0.717) is 38.8 Å². The zero-order chi connectivity index (χ0) is 48.4. The molecule has 0 aromatic heterocycles. The molecular formula is C53H46N4O10. The van der Waals surface area contributed by atoms with Gasteiger partial charge in [-0.2, -0.15) is 0 Å². The highest BCUT2D eigenvalue weighted by Crippen LogP contribution is 2.35. The fourth-order valence-electron chi connectivity index (χ4n) is 7.09. The average Bonchev–Trinajstić information content (AvgIpc) is 3.34. The Balaban J connectivity index is 1.28. The first kappa shape index (κ1) is 47.7. The largest absolute Gasteiger partial charge is 0.454 e. The summed E-state index contributed by atoms with van der Waals surface area (Å²) in [7, 11) is 1.39. The van der Waals surface area contributed by atoms with E-state index < -0.39 is 59.9 Å². The molecule has 338 valence electrons. The second-order valence-corrected chi connectivity index (χ2v) is 15.7. The Labute approximate surface area is 386 Å². The number of carbonyl (C=O) groups is 8. The van der Waals surface area contributed by atoms with Crippen molar-refractivity contribution < 1.29 is 47.8 Å². The Morgan fingerprint density at radius 1 is 0.522 bits per heavy atom. The predicted molar refractivity (Wildman–Crippen MR) is 255 cm³/mol. The van der Waals surface area contributed by atoms with Gasteiger partial charge >= 0.3 is 11.9 Å². The van der Waals surface area contributed by atoms with E-state index in [0.717, 1.165) is 17.7 Å². The van der Waals surface area contributed by atoms with Crippen LogP contribution in [-0.2, 0) is 24.5 Å². The van der Waals surface area contributed by atoms with Crippen molar-refractivity contribution in [2.45, 2.75) is 26.2 Å². The number of rotatable bonds is 17. The molecule has 0 saturated heterocycles. The number of carbonyl (C=O) groups excluding carboxylic acids is 8. The number of nitrogens with one attached hydrogen (secondary N) is 4. The van der Waals surface area contributed by atoms with Gasteiger partial charge in [-0.25, -0.2) is 9.59 Å². The van der Waals surface area contributed by atoms with Crippen molar-refractivity contribution in [3.8, 4) is 0 Å². The smallest absolute Gasteiger partial charge is 0.339 e. The number of anilines is 3. The zero-order valence-electron chi connectivity index (χ0n) is 37.1. The van der Waals surface area contributed by atoms with Crippen LogP contribution in [0.1, 0.15) is 92.7 Å². The average molecular weight is 899 g/mol. The van der Waals surface area contributed by atoms with Gasteiger partial charge in [-0.15, -0.1) is 0 Å². The minimum atomic E-state index is -0.993. The highest BCUT2D eigenvalue weighted by molar-refractivity contribution is 6.15. The molecule has 0 aliphatic carbocycles. The molecule has 0 aliphatic heterocycles. The molecule has 14 nitrogen and oxygen atoms in total. The van der Waals surface area contributed by atoms with Gasteiger partial charge < -0.3 is 30.7 Å². The van der Waals surface area contributed by atoms with E-state index in [9.17, 15) is 38.4 Å². The van der Waals surface area contributed by atoms with Gasteiger partial charge in [0, 0.05) is 51.4 Å². The normalized spacial score (nSPS) is 10.8. The number of hydrogen-bond acceptors (Lipinski definition) is 10. The van der Waals surface area contributed by atoms with Crippen molar-refractivity contribution >= 4 is 75.0 Å². The number of amides is 4. The van der Waals surface area contributed by atoms with Gasteiger partial charge in [-0.05, 0) is 96.9 Å². The first-order chi connectivity index (χ1) is 32.0. The summed E-state index contributed by atoms with van der Waals surface area (Å²) >= 11 is 0. The fourth-order valence-corrected chi connectivity index (χ4v) is 7.09. The summed E-state index contributed by atoms with van der Waals surface area (Å²) < 4.78 is 10.3. The van der Waals surface area contributed by atoms with Gasteiger partial charge in [0.15, 0.2) is 24.8 Å². The predicted octanol–water partition coefficient (Wildman–Crippen LogP) is 8.41. The Morgan fingerprint density at radius 3 is 1.46 bits per heavy atom. The molecule has 6 aromatic carbocycles. The number of ketones is 2. The third-order valence-electron chi connectivity index (χ3n) is 10.9. The summed E-state index contributed by atoms with van der Waals surface area (Å²) in [6.07, 6.45) is 2.01. The maximum Gasteiger partial charge on any atom is 0.339 e. The number of ether oxygens (including phenoxy) is 2. The molecule has 0 fully saturated rings. The highest BCUT2D eigenvalue weighted by Gasteiger charge is 2.30. The minimum absolute atomic E-state index is 0.0364. The van der Waals surface area contributed by atoms with E-state index in [-0.39, 0.29) is 39.4 Å². The fraction of sp³-hybridized carbons (Fsp3) is 0.132. The number of hydrogen-bond donors (Lipinski definition) is 4. The standard InChI is InChI=1S/C53H46N4O10/c1-7-37(58)29-66-51(64)41-23-21-34(27-43(41)49(62)54-6)53(4,5)35-22-24-42(52(65)67-30-38(59)8-2)44(28-35)50(63)55-36-16-10-15-33(26-36)48(61)57-46-20-12-17-39-40(46)18-11-19-45(39)56-47(60)32-14-9-13-31(3)25-32/h7-28H,1-2,29-30H2,3-6H3,(H,54,62)(H,55,63)(H,56,60)(H,57,61). The lowest BCUT2D eigenvalue weighted by Crippen LogP contribution is -2.26. The maximum absolute atomic E-state index is 14.2. The Morgan fingerprint density at radius 2 is 0.985 bits per heavy atom. The van der Waals surface area contributed by atoms with E-state index in [4.69, 9.17) is 9.47 Å². The van der Waals surface area contributed by atoms with Crippen LogP contribution in [0.15, 0.2) is 147 Å². The molecule has 14 heteroatoms. The van der Waals surface area contributed by atoms with Crippen LogP contribution in [-0.4, -0.2) is 67.4 Å². The van der Waals surface area contributed by atoms with Crippen molar-refractivity contribution in [1.29, 1.82) is 0 Å². The molecule has 0 bridgehead atoms. The Kier molecular flexibility index (Phi) is 14.8. The number of aryl methyl sites for hydroxylation is 1. The zero-order valence-corrected chi connectivity index (χ0v) is 37.1. The van der Waals surface area contributed by atoms with Crippen molar-refractivity contribution in [3.63, 3.8) is 0 Å². The molecule has 6 rings (SSSR count). The quantitative estimate of drug-likeness (QED) is 0.0508. The highest BCUT2D eigenvalue weighted by atomic mass is 16.5. The Hall–Kier alpha value is -8.78. The lowest BCUT2D eigenvalue weighted by atomic mass is 9.76. The van der Waals surface area contributed by atoms with Crippen LogP contribution < -0.4 is 21.3 Å². The van der Waals surface area contributed by atoms with Gasteiger partial charge in [0.2, 0.25) is 0 Å². The molecular weight excluding hydrogens is 853 g/mol. The van der Waals surface area contributed by atoms with Crippen LogP contribution in [0.2, 0.25) is 0 Å². The lowest BCUT2D eigenvalue weighted by molar-refractivity contribution is -0.118. The summed E-state index contributed by atoms with van der Waals surface area (Å²) in [6.45, 7) is 11.1. The molecule has 0 atom stereocenters. The van der Waals surface area contributed by atoms with Gasteiger partial charge in [-0.3, -0.25) is 28.8 Å². The lowest BCUT2D eigenvalue weighted by Gasteiger charge is -2.28. The molecule has 6 aromatic rings. The van der Waals surface area contributed by atoms with Gasteiger partial charge in [-0.1, -0.05) is 87.2 Å². The van der Waals surface area contributed by atoms with Gasteiger partial charge in [0.05, 0.1) is 22.3 Å². The first-order valence-electron chi connectivity index (χ1n) is 20.8. The van der Waals surface area contributed by atoms with E-state index in [1.54, 1.807) is 80.6 Å².